The molecule has 5 spiro atoms. The number of hydrogen-bond donors (Lipinski definition) is 0. The number of ether oxygens (including phenoxy) is 13. The molecule has 14 aromatic rings. The van der Waals surface area contributed by atoms with Gasteiger partial charge in [-0.1, -0.05) is 364 Å². The monoisotopic (exact) mass is 1890 g/mol. The summed E-state index contributed by atoms with van der Waals surface area (Å²) in [5.74, 6) is 5.75. The molecule has 24 rings (SSSR count). The van der Waals surface area contributed by atoms with Crippen molar-refractivity contribution in [1.82, 2.24) is 0 Å². The molecule has 0 atom stereocenters. The minimum absolute atomic E-state index is 0.0250. The molecule has 0 saturated heterocycles. The topological polar surface area (TPSA) is 120 Å². The van der Waals surface area contributed by atoms with Crippen LogP contribution in [0.1, 0.15) is 189 Å². The first-order valence-corrected chi connectivity index (χ1v) is 49.8. The zero-order valence-corrected chi connectivity index (χ0v) is 87.6. The van der Waals surface area contributed by atoms with Crippen LogP contribution in [0.4, 0.5) is 0 Å². The van der Waals surface area contributed by atoms with Crippen LogP contribution < -0.4 is 37.9 Å². The number of para-hydroxylation sites is 6. The lowest BCUT2D eigenvalue weighted by atomic mass is 9.63. The van der Waals surface area contributed by atoms with E-state index >= 15 is 0 Å². The summed E-state index contributed by atoms with van der Waals surface area (Å²) >= 11 is 0. The van der Waals surface area contributed by atoms with Gasteiger partial charge in [0.05, 0.1) is 12.8 Å². The number of allylic oxidation sites excluding steroid dienone is 4. The van der Waals surface area contributed by atoms with Gasteiger partial charge < -0.3 is 61.6 Å². The molecular weight excluding hydrogens is 1730 g/mol. The second kappa shape index (κ2) is 52.5. The molecule has 0 bridgehead atoms. The smallest absolute Gasteiger partial charge is 0.259 e. The van der Waals surface area contributed by atoms with Gasteiger partial charge >= 0.3 is 0 Å². The molecule has 13 nitrogen and oxygen atoms in total. The summed E-state index contributed by atoms with van der Waals surface area (Å²) in [6, 6.07) is 102. The lowest BCUT2D eigenvalue weighted by Crippen LogP contribution is -2.55. The summed E-state index contributed by atoms with van der Waals surface area (Å²) in [5, 5.41) is 10.3. The fourth-order valence-electron chi connectivity index (χ4n) is 19.6. The van der Waals surface area contributed by atoms with Crippen molar-refractivity contribution < 1.29 is 61.6 Å². The van der Waals surface area contributed by atoms with E-state index in [-0.39, 0.29) is 27.1 Å². The first-order valence-electron chi connectivity index (χ1n) is 49.8. The maximum absolute atomic E-state index is 6.47. The third-order valence-corrected chi connectivity index (χ3v) is 25.2. The Kier molecular flexibility index (Phi) is 41.0. The lowest BCUT2D eigenvalue weighted by Gasteiger charge is -2.51. The summed E-state index contributed by atoms with van der Waals surface area (Å²) in [7, 11) is 16.2. The van der Waals surface area contributed by atoms with Crippen LogP contribution in [0.15, 0.2) is 315 Å². The molecule has 0 N–H and O–H groups in total. The minimum Gasteiger partial charge on any atom is -0.489 e. The van der Waals surface area contributed by atoms with Crippen LogP contribution in [-0.2, 0) is 65.6 Å². The van der Waals surface area contributed by atoms with Gasteiger partial charge in [-0.2, -0.15) is 0 Å². The van der Waals surface area contributed by atoms with Crippen LogP contribution in [0.2, 0.25) is 0 Å². The Labute approximate surface area is 836 Å². The molecule has 0 fully saturated rings. The van der Waals surface area contributed by atoms with E-state index in [0.29, 0.717) is 26.4 Å². The number of benzene rings is 14. The Morgan fingerprint density at radius 2 is 0.486 bits per heavy atom. The summed E-state index contributed by atoms with van der Waals surface area (Å²) < 4.78 is 70.5. The second-order valence-electron chi connectivity index (χ2n) is 36.4. The molecule has 13 heteroatoms. The summed E-state index contributed by atoms with van der Waals surface area (Å²) in [5.41, 5.74) is 16.4. The molecule has 738 valence electrons. The number of hydrogen-bond acceptors (Lipinski definition) is 13. The SMILES string of the molecule is C1=CC2(C=Cc3cc4ccccc4cc3C2)Cc2cc3ccccc3cc21.C1=Cc2ccccc2C2(C1)CC=Cc1ccccc12.CC.CC.CC.CC.CC.CC1(C)CC2(CC(C)(C)c3ccccc3O2)Oc2ccccc21.COC.COC.COC.COC.COC.c1ccc2c(c1)OCC1(CO2)COc2ccccc2OC1.c1ccc2cc3c(cc2c1)CC1(Cc2cc4ccccc4cc2O1)O3. The largest absolute Gasteiger partial charge is 0.489 e. The van der Waals surface area contributed by atoms with Crippen LogP contribution in [-0.4, -0.2) is 109 Å². The third-order valence-electron chi connectivity index (χ3n) is 25.2. The van der Waals surface area contributed by atoms with E-state index in [1.54, 1.807) is 71.1 Å². The number of rotatable bonds is 0. The van der Waals surface area contributed by atoms with Gasteiger partial charge in [-0.15, -0.1) is 0 Å². The zero-order valence-electron chi connectivity index (χ0n) is 87.6. The summed E-state index contributed by atoms with van der Waals surface area (Å²) in [4.78, 5) is 0. The molecule has 10 aliphatic rings. The van der Waals surface area contributed by atoms with E-state index < -0.39 is 11.6 Å². The highest BCUT2D eigenvalue weighted by Crippen LogP contribution is 2.55. The molecule has 0 saturated carbocycles. The summed E-state index contributed by atoms with van der Waals surface area (Å²) in [6.45, 7) is 31.2. The quantitative estimate of drug-likeness (QED) is 0.143. The Morgan fingerprint density at radius 3 is 0.800 bits per heavy atom. The first kappa shape index (κ1) is 109. The van der Waals surface area contributed by atoms with E-state index in [1.807, 2.05) is 130 Å². The van der Waals surface area contributed by atoms with Crippen molar-refractivity contribution in [3.8, 4) is 46.0 Å². The van der Waals surface area contributed by atoms with Gasteiger partial charge in [0.15, 0.2) is 23.0 Å². The minimum atomic E-state index is -0.588. The molecule has 0 radical (unpaired) electrons. The van der Waals surface area contributed by atoms with Crippen LogP contribution in [0.25, 0.3) is 67.4 Å². The van der Waals surface area contributed by atoms with Gasteiger partial charge in [-0.05, 0) is 186 Å². The normalized spacial score (nSPS) is 16.0. The Balaban J connectivity index is 0.000000171. The summed E-state index contributed by atoms with van der Waals surface area (Å²) in [6.07, 6.45) is 26.4. The van der Waals surface area contributed by atoms with E-state index in [1.165, 1.54) is 110 Å². The van der Waals surface area contributed by atoms with E-state index in [9.17, 15) is 0 Å². The maximum Gasteiger partial charge on any atom is 0.259 e. The van der Waals surface area contributed by atoms with Crippen molar-refractivity contribution >= 4 is 67.4 Å². The average molecular weight is 1890 g/mol. The standard InChI is InChI=1S/C27H20.C23H16O2.C21H24O2.C19H16.C17H16O4.5C2H6O.5C2H6/c1-3-7-21-15-25-17-27(11-9-23(25)13-19(21)5-1)12-10-24-14-20-6-2-4-8-22(20)16-26(24)18-27;1-3-7-17-11-21-19(9-15(17)5-1)13-23(24-21)14-20-10-16-6-2-4-8-18(16)12-22(20)25-23;1-19(2)13-21(22-17-11-7-5-9-15(17)19)14-20(3,4)16-10-6-8-12-18(16)23-21;1-3-11-17-15(7-1)9-5-13-19(17)14-6-10-16-8-2-4-12-18(16)19;1-2-6-14-13(5-1)18-9-17(10-19-14)11-20-15-7-3-4-8-16(15)21-12-17;5*1-3-2;5*1-2/h1-16H,17-18H2;1-12H,13-14H2;5-12H,13-14H2,1-4H3;1-12H,13-14H2;1-8H,9-12H2;5*1-2H3;5*1-2H3. The highest BCUT2D eigenvalue weighted by molar-refractivity contribution is 5.90. The van der Waals surface area contributed by atoms with Crippen LogP contribution >= 0.6 is 0 Å². The van der Waals surface area contributed by atoms with Gasteiger partial charge in [0.1, 0.15) is 54.8 Å². The van der Waals surface area contributed by atoms with Gasteiger partial charge in [-0.3, -0.25) is 0 Å². The van der Waals surface area contributed by atoms with Gasteiger partial charge in [0, 0.05) is 128 Å². The fraction of sp³-hybridized carbons (Fsp3) is 0.339. The molecule has 0 amide bonds. The Morgan fingerprint density at radius 1 is 0.236 bits per heavy atom. The molecule has 6 heterocycles. The molecule has 140 heavy (non-hydrogen) atoms. The fourth-order valence-corrected chi connectivity index (χ4v) is 19.6. The van der Waals surface area contributed by atoms with Crippen molar-refractivity contribution in [3.63, 3.8) is 0 Å². The highest BCUT2D eigenvalue weighted by Gasteiger charge is 2.54. The number of fused-ring (bicyclic) bond motifs is 16. The molecule has 0 unspecified atom stereocenters. The van der Waals surface area contributed by atoms with E-state index in [2.05, 4.69) is 331 Å². The van der Waals surface area contributed by atoms with Crippen molar-refractivity contribution in [2.45, 2.75) is 176 Å². The molecule has 0 aromatic heterocycles. The maximum atomic E-state index is 6.47. The highest BCUT2D eigenvalue weighted by atomic mass is 16.7. The van der Waals surface area contributed by atoms with Gasteiger partial charge in [0.2, 0.25) is 0 Å². The third kappa shape index (κ3) is 26.3. The van der Waals surface area contributed by atoms with Crippen LogP contribution in [0, 0.1) is 10.8 Å². The molecule has 4 aliphatic carbocycles. The first-order chi connectivity index (χ1) is 68.2. The van der Waals surface area contributed by atoms with Crippen LogP contribution in [0.3, 0.4) is 0 Å². The predicted molar refractivity (Wildman–Crippen MR) is 587 cm³/mol. The molecule has 6 aliphatic heterocycles. The van der Waals surface area contributed by atoms with Gasteiger partial charge in [-0.25, -0.2) is 0 Å². The van der Waals surface area contributed by atoms with Crippen molar-refractivity contribution in [1.29, 1.82) is 0 Å². The van der Waals surface area contributed by atoms with Crippen LogP contribution in [0.5, 0.6) is 46.0 Å². The van der Waals surface area contributed by atoms with Gasteiger partial charge in [0.25, 0.3) is 11.6 Å². The number of methoxy groups -OCH3 is 5. The second-order valence-corrected chi connectivity index (χ2v) is 36.4. The molecular formula is C127H152O13. The van der Waals surface area contributed by atoms with Crippen molar-refractivity contribution in [2.75, 3.05) is 97.5 Å². The van der Waals surface area contributed by atoms with Crippen molar-refractivity contribution in [2.24, 2.45) is 10.8 Å². The van der Waals surface area contributed by atoms with E-state index in [0.717, 1.165) is 97.4 Å². The predicted octanol–water partition coefficient (Wildman–Crippen LogP) is 31.4. The van der Waals surface area contributed by atoms with Crippen molar-refractivity contribution in [3.05, 3.63) is 382 Å². The Hall–Kier alpha value is -12.7. The lowest BCUT2D eigenvalue weighted by molar-refractivity contribution is -0.166. The van der Waals surface area contributed by atoms with E-state index in [4.69, 9.17) is 37.9 Å². The Bertz CT molecular complexity index is 5850. The zero-order chi connectivity index (χ0) is 101. The molecule has 14 aromatic carbocycles. The average Bonchev–Trinajstić information content (AvgIpc) is 1.68.